The maximum absolute atomic E-state index is 13.2. The summed E-state index contributed by atoms with van der Waals surface area (Å²) >= 11 is 0. The lowest BCUT2D eigenvalue weighted by Gasteiger charge is -2.44. The molecule has 4 rings (SSSR count). The third-order valence-electron chi connectivity index (χ3n) is 6.83. The van der Waals surface area contributed by atoms with Gasteiger partial charge in [0, 0.05) is 29.6 Å². The number of fused-ring (bicyclic) bond motifs is 1. The fourth-order valence-electron chi connectivity index (χ4n) is 4.60. The summed E-state index contributed by atoms with van der Waals surface area (Å²) in [7, 11) is 0. The number of amides is 1. The number of benzene rings is 1. The first-order chi connectivity index (χ1) is 14.3. The molecule has 2 aromatic rings. The Balaban J connectivity index is 1.50. The zero-order chi connectivity index (χ0) is 21.5. The minimum Gasteiger partial charge on any atom is -0.352 e. The first kappa shape index (κ1) is 20.9. The standard InChI is InChI=1S/C22H28F2N4O2/c1-4-22(3)11-25-12(2)9-17(22)26-20(29)16-8-5-13-10-14(6-7-15(13)16)19-27-21(18(23)24)30-28-19/h6-7,10,12,16-18,25H,4-5,8-9,11H2,1-3H3,(H,26,29)/t12?,16-,17?,22?/m0/s1. The van der Waals surface area contributed by atoms with E-state index in [-0.39, 0.29) is 29.1 Å². The summed E-state index contributed by atoms with van der Waals surface area (Å²) in [5.41, 5.74) is 2.69. The fourth-order valence-corrected chi connectivity index (χ4v) is 4.60. The van der Waals surface area contributed by atoms with Crippen molar-refractivity contribution in [3.63, 3.8) is 0 Å². The number of carbonyl (C=O) groups excluding carboxylic acids is 1. The molecule has 1 aliphatic heterocycles. The summed E-state index contributed by atoms with van der Waals surface area (Å²) in [5, 5.41) is 10.5. The Morgan fingerprint density at radius 1 is 1.43 bits per heavy atom. The van der Waals surface area contributed by atoms with E-state index in [9.17, 15) is 13.6 Å². The Morgan fingerprint density at radius 3 is 2.93 bits per heavy atom. The molecule has 2 N–H and O–H groups in total. The molecule has 4 atom stereocenters. The number of rotatable bonds is 5. The minimum absolute atomic E-state index is 0.0362. The maximum atomic E-state index is 13.2. The highest BCUT2D eigenvalue weighted by Crippen LogP contribution is 2.37. The van der Waals surface area contributed by atoms with Crippen LogP contribution in [-0.2, 0) is 11.2 Å². The number of hydrogen-bond donors (Lipinski definition) is 2. The van der Waals surface area contributed by atoms with E-state index in [4.69, 9.17) is 0 Å². The van der Waals surface area contributed by atoms with Crippen LogP contribution in [0.3, 0.4) is 0 Å². The van der Waals surface area contributed by atoms with E-state index < -0.39 is 12.3 Å². The molecule has 1 amide bonds. The lowest BCUT2D eigenvalue weighted by atomic mass is 9.74. The van der Waals surface area contributed by atoms with E-state index in [1.807, 2.05) is 12.1 Å². The van der Waals surface area contributed by atoms with Crippen LogP contribution >= 0.6 is 0 Å². The van der Waals surface area contributed by atoms with Crippen LogP contribution in [0.5, 0.6) is 0 Å². The Labute approximate surface area is 174 Å². The van der Waals surface area contributed by atoms with Gasteiger partial charge in [-0.25, -0.2) is 0 Å². The number of alkyl halides is 2. The molecule has 2 aliphatic rings. The number of nitrogens with zero attached hydrogens (tertiary/aromatic N) is 2. The van der Waals surface area contributed by atoms with Crippen molar-refractivity contribution in [3.8, 4) is 11.4 Å². The predicted molar refractivity (Wildman–Crippen MR) is 108 cm³/mol. The number of halogens is 2. The largest absolute Gasteiger partial charge is 0.352 e. The predicted octanol–water partition coefficient (Wildman–Crippen LogP) is 3.99. The molecule has 8 heteroatoms. The normalized spacial score (nSPS) is 28.5. The van der Waals surface area contributed by atoms with Gasteiger partial charge < -0.3 is 15.2 Å². The van der Waals surface area contributed by atoms with Gasteiger partial charge in [-0.2, -0.15) is 13.8 Å². The molecule has 1 aromatic carbocycles. The van der Waals surface area contributed by atoms with E-state index >= 15 is 0 Å². The summed E-state index contributed by atoms with van der Waals surface area (Å²) in [5.74, 6) is -0.664. The molecule has 30 heavy (non-hydrogen) atoms. The molecule has 1 fully saturated rings. The van der Waals surface area contributed by atoms with Crippen molar-refractivity contribution in [2.75, 3.05) is 6.54 Å². The number of piperidine rings is 1. The quantitative estimate of drug-likeness (QED) is 0.768. The first-order valence-corrected chi connectivity index (χ1v) is 10.6. The highest BCUT2D eigenvalue weighted by atomic mass is 19.3. The van der Waals surface area contributed by atoms with Gasteiger partial charge in [0.05, 0.1) is 5.92 Å². The summed E-state index contributed by atoms with van der Waals surface area (Å²) in [6.45, 7) is 7.44. The van der Waals surface area contributed by atoms with Crippen molar-refractivity contribution in [2.24, 2.45) is 5.41 Å². The highest BCUT2D eigenvalue weighted by Gasteiger charge is 2.40. The Hall–Kier alpha value is -2.35. The van der Waals surface area contributed by atoms with Crippen LogP contribution in [0.25, 0.3) is 11.4 Å². The maximum Gasteiger partial charge on any atom is 0.315 e. The highest BCUT2D eigenvalue weighted by molar-refractivity contribution is 5.85. The average Bonchev–Trinajstić information content (AvgIpc) is 3.37. The van der Waals surface area contributed by atoms with Crippen molar-refractivity contribution in [3.05, 3.63) is 35.2 Å². The van der Waals surface area contributed by atoms with Gasteiger partial charge in [-0.05, 0) is 49.8 Å². The van der Waals surface area contributed by atoms with E-state index in [0.717, 1.165) is 43.4 Å². The topological polar surface area (TPSA) is 80.0 Å². The second kappa shape index (κ2) is 8.06. The van der Waals surface area contributed by atoms with Crippen LogP contribution in [0.1, 0.15) is 69.4 Å². The summed E-state index contributed by atoms with van der Waals surface area (Å²) in [6, 6.07) is 6.06. The van der Waals surface area contributed by atoms with Gasteiger partial charge in [-0.1, -0.05) is 31.1 Å². The van der Waals surface area contributed by atoms with Crippen LogP contribution in [0.4, 0.5) is 8.78 Å². The molecule has 1 saturated heterocycles. The number of hydrogen-bond acceptors (Lipinski definition) is 5. The Morgan fingerprint density at radius 2 is 2.23 bits per heavy atom. The number of nitrogens with one attached hydrogen (secondary N) is 2. The van der Waals surface area contributed by atoms with Gasteiger partial charge in [0.1, 0.15) is 0 Å². The van der Waals surface area contributed by atoms with Gasteiger partial charge in [0.2, 0.25) is 11.7 Å². The van der Waals surface area contributed by atoms with Crippen LogP contribution < -0.4 is 10.6 Å². The van der Waals surface area contributed by atoms with Crippen molar-refractivity contribution < 1.29 is 18.1 Å². The molecule has 6 nitrogen and oxygen atoms in total. The van der Waals surface area contributed by atoms with E-state index in [1.165, 1.54) is 0 Å². The molecular weight excluding hydrogens is 390 g/mol. The second-order valence-corrected chi connectivity index (χ2v) is 8.85. The molecule has 0 spiro atoms. The van der Waals surface area contributed by atoms with Crippen LogP contribution in [-0.4, -0.2) is 34.7 Å². The molecule has 1 aliphatic carbocycles. The van der Waals surface area contributed by atoms with Gasteiger partial charge in [0.15, 0.2) is 0 Å². The molecule has 0 saturated carbocycles. The van der Waals surface area contributed by atoms with Gasteiger partial charge in [-0.3, -0.25) is 4.79 Å². The van der Waals surface area contributed by atoms with Crippen LogP contribution in [0.2, 0.25) is 0 Å². The van der Waals surface area contributed by atoms with Crippen LogP contribution in [0, 0.1) is 5.41 Å². The van der Waals surface area contributed by atoms with Gasteiger partial charge >= 0.3 is 6.43 Å². The Kier molecular flexibility index (Phi) is 5.61. The number of carbonyl (C=O) groups is 1. The average molecular weight is 418 g/mol. The Bertz CT molecular complexity index is 932. The molecule has 0 bridgehead atoms. The lowest BCUT2D eigenvalue weighted by molar-refractivity contribution is -0.124. The lowest BCUT2D eigenvalue weighted by Crippen LogP contribution is -2.58. The van der Waals surface area contributed by atoms with Crippen LogP contribution in [0.15, 0.2) is 22.7 Å². The summed E-state index contributed by atoms with van der Waals surface area (Å²) in [6.07, 6.45) is 0.615. The molecular formula is C22H28F2N4O2. The molecule has 2 heterocycles. The molecule has 0 radical (unpaired) electrons. The van der Waals surface area contributed by atoms with Crippen molar-refractivity contribution in [1.82, 2.24) is 20.8 Å². The number of aromatic nitrogens is 2. The third-order valence-corrected chi connectivity index (χ3v) is 6.83. The molecule has 1 aromatic heterocycles. The van der Waals surface area contributed by atoms with Crippen molar-refractivity contribution in [2.45, 2.75) is 70.9 Å². The number of aryl methyl sites for hydroxylation is 1. The monoisotopic (exact) mass is 418 g/mol. The fraction of sp³-hybridized carbons (Fsp3) is 0.591. The van der Waals surface area contributed by atoms with Crippen molar-refractivity contribution in [1.29, 1.82) is 0 Å². The van der Waals surface area contributed by atoms with Gasteiger partial charge in [-0.15, -0.1) is 0 Å². The summed E-state index contributed by atoms with van der Waals surface area (Å²) in [4.78, 5) is 16.9. The molecule has 162 valence electrons. The second-order valence-electron chi connectivity index (χ2n) is 8.85. The molecule has 3 unspecified atom stereocenters. The van der Waals surface area contributed by atoms with Crippen molar-refractivity contribution >= 4 is 5.91 Å². The van der Waals surface area contributed by atoms with Gasteiger partial charge in [0.25, 0.3) is 5.89 Å². The zero-order valence-electron chi connectivity index (χ0n) is 17.5. The first-order valence-electron chi connectivity index (χ1n) is 10.6. The third kappa shape index (κ3) is 3.85. The van der Waals surface area contributed by atoms with E-state index in [2.05, 4.69) is 46.1 Å². The minimum atomic E-state index is -2.79. The SMILES string of the molecule is CCC1(C)CNC(C)CC1NC(=O)[C@H]1CCc2cc(-c3noc(C(F)F)n3)ccc21. The zero-order valence-corrected chi connectivity index (χ0v) is 17.5. The summed E-state index contributed by atoms with van der Waals surface area (Å²) < 4.78 is 30.0. The van der Waals surface area contributed by atoms with E-state index in [0.29, 0.717) is 11.6 Å². The van der Waals surface area contributed by atoms with E-state index in [1.54, 1.807) is 6.07 Å². The smallest absolute Gasteiger partial charge is 0.315 e.